The number of nitrogens with zero attached hydrogens (tertiary/aromatic N) is 1. The Morgan fingerprint density at radius 2 is 1.35 bits per heavy atom. The van der Waals surface area contributed by atoms with Crippen LogP contribution in [0.25, 0.3) is 0 Å². The summed E-state index contributed by atoms with van der Waals surface area (Å²) in [6, 6.07) is 0. The van der Waals surface area contributed by atoms with E-state index in [1.165, 1.54) is 25.7 Å². The van der Waals surface area contributed by atoms with Crippen molar-refractivity contribution in [3.8, 4) is 0 Å². The van der Waals surface area contributed by atoms with Crippen LogP contribution in [0.5, 0.6) is 0 Å². The maximum atomic E-state index is 11.0. The SMILES string of the molecule is CCCCCCCCCCN(C(C)=O)S(=O)(=O)O.[NaH].[NaH]. The van der Waals surface area contributed by atoms with E-state index in [1.807, 2.05) is 0 Å². The maximum absolute atomic E-state index is 11.0. The van der Waals surface area contributed by atoms with Gasteiger partial charge >= 0.3 is 69.4 Å². The van der Waals surface area contributed by atoms with Crippen LogP contribution < -0.4 is 0 Å². The molecular formula is C12H27NNa2O4S. The van der Waals surface area contributed by atoms with Gasteiger partial charge in [0, 0.05) is 13.5 Å². The van der Waals surface area contributed by atoms with Gasteiger partial charge in [0.2, 0.25) is 5.91 Å². The Kier molecular flexibility index (Phi) is 20.1. The number of carbonyl (C=O) groups is 1. The molecule has 0 spiro atoms. The summed E-state index contributed by atoms with van der Waals surface area (Å²) in [7, 11) is -4.39. The summed E-state index contributed by atoms with van der Waals surface area (Å²) in [6.45, 7) is 3.38. The van der Waals surface area contributed by atoms with E-state index in [0.29, 0.717) is 10.7 Å². The van der Waals surface area contributed by atoms with Gasteiger partial charge in [-0.15, -0.1) is 0 Å². The van der Waals surface area contributed by atoms with Gasteiger partial charge in [-0.1, -0.05) is 51.9 Å². The topological polar surface area (TPSA) is 74.7 Å². The van der Waals surface area contributed by atoms with Gasteiger partial charge in [0.05, 0.1) is 0 Å². The molecule has 0 bridgehead atoms. The van der Waals surface area contributed by atoms with E-state index in [4.69, 9.17) is 4.55 Å². The Hall–Kier alpha value is 1.38. The van der Waals surface area contributed by atoms with Crippen LogP contribution in [0.2, 0.25) is 0 Å². The summed E-state index contributed by atoms with van der Waals surface area (Å²) < 4.78 is 31.1. The summed E-state index contributed by atoms with van der Waals surface area (Å²) in [5, 5.41) is 0. The Morgan fingerprint density at radius 3 is 1.70 bits per heavy atom. The molecule has 0 aliphatic rings. The second-order valence-corrected chi connectivity index (χ2v) is 5.88. The zero-order chi connectivity index (χ0) is 14.0. The van der Waals surface area contributed by atoms with Crippen LogP contribution in [0.15, 0.2) is 0 Å². The Bertz CT molecular complexity index is 336. The molecule has 0 heterocycles. The van der Waals surface area contributed by atoms with E-state index in [2.05, 4.69) is 6.92 Å². The number of rotatable bonds is 10. The average Bonchev–Trinajstić information content (AvgIpc) is 2.24. The molecule has 0 saturated heterocycles. The normalized spacial score (nSPS) is 10.3. The van der Waals surface area contributed by atoms with Gasteiger partial charge in [0.25, 0.3) is 0 Å². The molecule has 0 aromatic heterocycles. The molecule has 20 heavy (non-hydrogen) atoms. The molecule has 0 aliphatic heterocycles. The fraction of sp³-hybridized carbons (Fsp3) is 0.917. The van der Waals surface area contributed by atoms with Gasteiger partial charge in [-0.25, -0.2) is 4.31 Å². The molecule has 1 N–H and O–H groups in total. The van der Waals surface area contributed by atoms with Crippen LogP contribution in [0, 0.1) is 0 Å². The molecule has 0 radical (unpaired) electrons. The van der Waals surface area contributed by atoms with Crippen molar-refractivity contribution in [2.45, 2.75) is 65.2 Å². The minimum absolute atomic E-state index is 0. The molecule has 0 fully saturated rings. The summed E-state index contributed by atoms with van der Waals surface area (Å²) >= 11 is 0. The quantitative estimate of drug-likeness (QED) is 0.375. The Balaban J connectivity index is -0.00000144. The first kappa shape index (κ1) is 26.3. The molecule has 5 nitrogen and oxygen atoms in total. The number of carbonyl (C=O) groups excluding carboxylic acids is 1. The third-order valence-corrected chi connectivity index (χ3v) is 3.84. The van der Waals surface area contributed by atoms with E-state index in [-0.39, 0.29) is 65.7 Å². The zero-order valence-electron chi connectivity index (χ0n) is 11.4. The van der Waals surface area contributed by atoms with E-state index in [1.54, 1.807) is 0 Å². The van der Waals surface area contributed by atoms with Crippen LogP contribution in [0.3, 0.4) is 0 Å². The van der Waals surface area contributed by atoms with Gasteiger partial charge in [-0.2, -0.15) is 8.42 Å². The minimum atomic E-state index is -4.39. The molecule has 0 rings (SSSR count). The van der Waals surface area contributed by atoms with Crippen LogP contribution >= 0.6 is 0 Å². The van der Waals surface area contributed by atoms with E-state index >= 15 is 0 Å². The molecule has 0 atom stereocenters. The molecule has 0 aromatic carbocycles. The Labute approximate surface area is 167 Å². The molecule has 0 saturated carbocycles. The van der Waals surface area contributed by atoms with Crippen LogP contribution in [-0.4, -0.2) is 88.8 Å². The third kappa shape index (κ3) is 14.3. The predicted octanol–water partition coefficient (Wildman–Crippen LogP) is 1.48. The van der Waals surface area contributed by atoms with Crippen LogP contribution in [0.1, 0.15) is 65.2 Å². The van der Waals surface area contributed by atoms with Crippen molar-refractivity contribution in [1.82, 2.24) is 4.31 Å². The fourth-order valence-corrected chi connectivity index (χ4v) is 2.51. The number of amides is 1. The van der Waals surface area contributed by atoms with Crippen molar-refractivity contribution < 1.29 is 17.8 Å². The Morgan fingerprint density at radius 1 is 0.950 bits per heavy atom. The average molecular weight is 327 g/mol. The second-order valence-electron chi connectivity index (χ2n) is 4.54. The molecular weight excluding hydrogens is 300 g/mol. The molecule has 0 aromatic rings. The number of hydrogen-bond acceptors (Lipinski definition) is 3. The molecule has 112 valence electrons. The van der Waals surface area contributed by atoms with Crippen molar-refractivity contribution in [3.05, 3.63) is 0 Å². The molecule has 8 heteroatoms. The summed E-state index contributed by atoms with van der Waals surface area (Å²) in [5.41, 5.74) is 0. The van der Waals surface area contributed by atoms with Gasteiger partial charge in [0.15, 0.2) is 0 Å². The first-order valence-electron chi connectivity index (χ1n) is 6.65. The van der Waals surface area contributed by atoms with Gasteiger partial charge in [-0.3, -0.25) is 9.35 Å². The van der Waals surface area contributed by atoms with Crippen molar-refractivity contribution in [2.75, 3.05) is 6.54 Å². The summed E-state index contributed by atoms with van der Waals surface area (Å²) in [5.74, 6) is -0.638. The first-order chi connectivity index (χ1) is 8.39. The van der Waals surface area contributed by atoms with Crippen molar-refractivity contribution in [2.24, 2.45) is 0 Å². The molecule has 0 unspecified atom stereocenters. The second kappa shape index (κ2) is 15.3. The van der Waals surface area contributed by atoms with Crippen LogP contribution in [0.4, 0.5) is 0 Å². The van der Waals surface area contributed by atoms with Crippen molar-refractivity contribution in [3.63, 3.8) is 0 Å². The molecule has 0 aliphatic carbocycles. The number of hydrogen-bond donors (Lipinski definition) is 1. The number of unbranched alkanes of at least 4 members (excludes halogenated alkanes) is 7. The zero-order valence-corrected chi connectivity index (χ0v) is 12.2. The fourth-order valence-electron chi connectivity index (χ4n) is 1.82. The predicted molar refractivity (Wildman–Crippen MR) is 85.8 cm³/mol. The standard InChI is InChI=1S/C12H25NO4S.2Na.2H/c1-3-4-5-6-7-8-9-10-11-13(12(2)14)18(15,16)17;;;;/h3-11H2,1-2H3,(H,15,16,17);;;;. The van der Waals surface area contributed by atoms with E-state index in [9.17, 15) is 13.2 Å². The van der Waals surface area contributed by atoms with Gasteiger partial charge in [0.1, 0.15) is 0 Å². The van der Waals surface area contributed by atoms with Crippen molar-refractivity contribution in [1.29, 1.82) is 0 Å². The molecule has 1 amide bonds. The summed E-state index contributed by atoms with van der Waals surface area (Å²) in [4.78, 5) is 11.0. The van der Waals surface area contributed by atoms with Gasteiger partial charge < -0.3 is 0 Å². The van der Waals surface area contributed by atoms with Gasteiger partial charge in [-0.05, 0) is 6.42 Å². The third-order valence-electron chi connectivity index (χ3n) is 2.84. The van der Waals surface area contributed by atoms with E-state index in [0.717, 1.165) is 26.2 Å². The van der Waals surface area contributed by atoms with Crippen LogP contribution in [-0.2, 0) is 15.1 Å². The summed E-state index contributed by atoms with van der Waals surface area (Å²) in [6.07, 6.45) is 8.62. The first-order valence-corrected chi connectivity index (χ1v) is 8.05. The van der Waals surface area contributed by atoms with E-state index < -0.39 is 16.2 Å². The van der Waals surface area contributed by atoms with Crippen molar-refractivity contribution >= 4 is 75.3 Å². The monoisotopic (exact) mass is 327 g/mol.